The van der Waals surface area contributed by atoms with Crippen LogP contribution >= 0.6 is 0 Å². The predicted molar refractivity (Wildman–Crippen MR) is 140 cm³/mol. The molecule has 0 spiro atoms. The zero-order chi connectivity index (χ0) is 23.5. The van der Waals surface area contributed by atoms with E-state index in [1.54, 1.807) is 6.92 Å². The number of rotatable bonds is 20. The molecule has 0 fully saturated rings. The molecule has 0 saturated heterocycles. The molecule has 1 heterocycles. The molecule has 4 nitrogen and oxygen atoms in total. The number of amidine groups is 1. The highest BCUT2D eigenvalue weighted by Gasteiger charge is 2.41. The molecule has 0 aliphatic carbocycles. The maximum Gasteiger partial charge on any atom is 0.221 e. The van der Waals surface area contributed by atoms with Crippen LogP contribution in [0.25, 0.3) is 0 Å². The van der Waals surface area contributed by atoms with Crippen LogP contribution in [0.4, 0.5) is 0 Å². The topological polar surface area (TPSA) is 41.5 Å². The summed E-state index contributed by atoms with van der Waals surface area (Å²) in [5.41, 5.74) is 0. The second-order valence-corrected chi connectivity index (χ2v) is 9.79. The molecule has 4 heteroatoms. The third kappa shape index (κ3) is 11.6. The fraction of sp³-hybridized carbons (Fsp3) is 0.857. The number of amides is 1. The molecule has 0 aromatic rings. The van der Waals surface area contributed by atoms with Crippen LogP contribution in [0.5, 0.6) is 0 Å². The van der Waals surface area contributed by atoms with E-state index in [4.69, 9.17) is 4.99 Å². The van der Waals surface area contributed by atoms with Gasteiger partial charge in [-0.3, -0.25) is 9.28 Å². The summed E-state index contributed by atoms with van der Waals surface area (Å²) in [5.74, 6) is 1.37. The number of likely N-dealkylation sites (N-methyl/N-ethyl adjacent to an activating group) is 1. The minimum atomic E-state index is 0.0601. The van der Waals surface area contributed by atoms with E-state index in [2.05, 4.69) is 38.2 Å². The fourth-order valence-electron chi connectivity index (χ4n) is 5.09. The number of hydrogen-bond acceptors (Lipinski definition) is 2. The average molecular weight is 449 g/mol. The van der Waals surface area contributed by atoms with Gasteiger partial charge in [0.15, 0.2) is 12.0 Å². The molecule has 0 aromatic heterocycles. The monoisotopic (exact) mass is 448 g/mol. The summed E-state index contributed by atoms with van der Waals surface area (Å²) in [5, 5.41) is 3.11. The lowest BCUT2D eigenvalue weighted by Crippen LogP contribution is -2.62. The Morgan fingerprint density at radius 1 is 0.906 bits per heavy atom. The SMILES string of the molecule is CCC/C=C/CCCCCCCCCCCCCCC1=NCC[N+]1(CC)C(C)NC(C)=O. The molecule has 2 atom stereocenters. The number of carbonyl (C=O) groups excluding carboxylic acids is 1. The van der Waals surface area contributed by atoms with Gasteiger partial charge in [0.1, 0.15) is 6.54 Å². The molecule has 1 amide bonds. The molecule has 32 heavy (non-hydrogen) atoms. The molecule has 0 saturated carbocycles. The molecule has 0 bridgehead atoms. The highest BCUT2D eigenvalue weighted by Crippen LogP contribution is 2.23. The minimum Gasteiger partial charge on any atom is -0.307 e. The first-order chi connectivity index (χ1) is 15.6. The van der Waals surface area contributed by atoms with Crippen LogP contribution in [0.3, 0.4) is 0 Å². The van der Waals surface area contributed by atoms with Crippen LogP contribution in [-0.4, -0.2) is 42.0 Å². The molecule has 1 aliphatic rings. The number of nitrogens with zero attached hydrogens (tertiary/aromatic N) is 2. The number of nitrogens with one attached hydrogen (secondary N) is 1. The van der Waals surface area contributed by atoms with Gasteiger partial charge in [-0.25, -0.2) is 4.99 Å². The number of unbranched alkanes of at least 4 members (excludes halogenated alkanes) is 13. The molecule has 186 valence electrons. The van der Waals surface area contributed by atoms with Gasteiger partial charge in [-0.2, -0.15) is 0 Å². The second kappa shape index (κ2) is 18.3. The summed E-state index contributed by atoms with van der Waals surface area (Å²) in [4.78, 5) is 16.4. The molecule has 1 aliphatic heterocycles. The van der Waals surface area contributed by atoms with Crippen molar-refractivity contribution in [2.24, 2.45) is 4.99 Å². The van der Waals surface area contributed by atoms with Gasteiger partial charge >= 0.3 is 0 Å². The van der Waals surface area contributed by atoms with E-state index in [1.165, 1.54) is 102 Å². The van der Waals surface area contributed by atoms with E-state index >= 15 is 0 Å². The van der Waals surface area contributed by atoms with Crippen LogP contribution < -0.4 is 5.32 Å². The zero-order valence-electron chi connectivity index (χ0n) is 22.0. The van der Waals surface area contributed by atoms with Gasteiger partial charge < -0.3 is 5.32 Å². The van der Waals surface area contributed by atoms with Gasteiger partial charge in [0.05, 0.1) is 13.1 Å². The lowest BCUT2D eigenvalue weighted by Gasteiger charge is -2.39. The van der Waals surface area contributed by atoms with E-state index in [1.807, 2.05) is 0 Å². The summed E-state index contributed by atoms with van der Waals surface area (Å²) >= 11 is 0. The summed E-state index contributed by atoms with van der Waals surface area (Å²) < 4.78 is 0.856. The number of quaternary nitrogens is 1. The van der Waals surface area contributed by atoms with Crippen molar-refractivity contribution in [3.05, 3.63) is 12.2 Å². The molecular weight excluding hydrogens is 394 g/mol. The molecule has 0 aromatic carbocycles. The number of allylic oxidation sites excluding steroid dienone is 2. The third-order valence-corrected chi connectivity index (χ3v) is 7.17. The Hall–Kier alpha value is -1.16. The van der Waals surface area contributed by atoms with E-state index in [0.29, 0.717) is 0 Å². The van der Waals surface area contributed by atoms with Crippen molar-refractivity contribution in [1.29, 1.82) is 0 Å². The normalized spacial score (nSPS) is 19.4. The summed E-state index contributed by atoms with van der Waals surface area (Å²) in [7, 11) is 0. The van der Waals surface area contributed by atoms with E-state index < -0.39 is 0 Å². The Morgan fingerprint density at radius 2 is 1.44 bits per heavy atom. The molecule has 2 unspecified atom stereocenters. The van der Waals surface area contributed by atoms with Crippen molar-refractivity contribution in [1.82, 2.24) is 5.32 Å². The fourth-order valence-corrected chi connectivity index (χ4v) is 5.09. The van der Waals surface area contributed by atoms with E-state index in [9.17, 15) is 4.79 Å². The summed E-state index contributed by atoms with van der Waals surface area (Å²) in [6.45, 7) is 11.2. The Labute approximate surface area is 199 Å². The first-order valence-electron chi connectivity index (χ1n) is 13.9. The highest BCUT2D eigenvalue weighted by atomic mass is 16.1. The van der Waals surface area contributed by atoms with Gasteiger partial charge in [0.25, 0.3) is 0 Å². The van der Waals surface area contributed by atoms with Gasteiger partial charge in [-0.05, 0) is 32.6 Å². The van der Waals surface area contributed by atoms with Crippen LogP contribution in [0.1, 0.15) is 130 Å². The molecular formula is C28H54N3O+. The van der Waals surface area contributed by atoms with E-state index in [0.717, 1.165) is 30.5 Å². The largest absolute Gasteiger partial charge is 0.307 e. The molecule has 1 N–H and O–H groups in total. The number of hydrogen-bond donors (Lipinski definition) is 1. The number of carbonyl (C=O) groups is 1. The predicted octanol–water partition coefficient (Wildman–Crippen LogP) is 7.54. The zero-order valence-corrected chi connectivity index (χ0v) is 22.0. The standard InChI is InChI=1S/C28H53N3O/c1-5-7-8-9-10-11-12-13-14-15-16-17-18-19-20-21-22-23-28-29-24-25-31(28,6-2)26(3)30-27(4)32/h8-9,26H,5-7,10-25H2,1-4H3/p+1/b9-8+. The maximum absolute atomic E-state index is 11.5. The van der Waals surface area contributed by atoms with Crippen molar-refractivity contribution in [2.45, 2.75) is 137 Å². The maximum atomic E-state index is 11.5. The van der Waals surface area contributed by atoms with Crippen molar-refractivity contribution in [3.8, 4) is 0 Å². The second-order valence-electron chi connectivity index (χ2n) is 9.79. The first-order valence-corrected chi connectivity index (χ1v) is 13.9. The summed E-state index contributed by atoms with van der Waals surface area (Å²) in [6, 6.07) is 0. The first kappa shape index (κ1) is 28.9. The molecule has 0 radical (unpaired) electrons. The third-order valence-electron chi connectivity index (χ3n) is 7.17. The van der Waals surface area contributed by atoms with Crippen LogP contribution in [0, 0.1) is 0 Å². The van der Waals surface area contributed by atoms with Gasteiger partial charge in [-0.15, -0.1) is 0 Å². The lowest BCUT2D eigenvalue weighted by atomic mass is 10.0. The van der Waals surface area contributed by atoms with Gasteiger partial charge in [0, 0.05) is 20.3 Å². The Morgan fingerprint density at radius 3 is 1.97 bits per heavy atom. The Balaban J connectivity index is 1.99. The van der Waals surface area contributed by atoms with E-state index in [-0.39, 0.29) is 12.1 Å². The lowest BCUT2D eigenvalue weighted by molar-refractivity contribution is -0.861. The van der Waals surface area contributed by atoms with Crippen molar-refractivity contribution in [2.75, 3.05) is 19.6 Å². The van der Waals surface area contributed by atoms with Crippen LogP contribution in [-0.2, 0) is 4.79 Å². The van der Waals surface area contributed by atoms with Gasteiger partial charge in [0.2, 0.25) is 5.91 Å². The van der Waals surface area contributed by atoms with Gasteiger partial charge in [-0.1, -0.05) is 89.7 Å². The summed E-state index contributed by atoms with van der Waals surface area (Å²) in [6.07, 6.45) is 26.3. The van der Waals surface area contributed by atoms with Crippen molar-refractivity contribution < 1.29 is 9.28 Å². The minimum absolute atomic E-state index is 0.0601. The van der Waals surface area contributed by atoms with Crippen molar-refractivity contribution in [3.63, 3.8) is 0 Å². The number of aliphatic imine (C=N–C) groups is 1. The Bertz CT molecular complexity index is 543. The smallest absolute Gasteiger partial charge is 0.221 e. The van der Waals surface area contributed by atoms with Crippen molar-refractivity contribution >= 4 is 11.7 Å². The quantitative estimate of drug-likeness (QED) is 0.117. The van der Waals surface area contributed by atoms with Crippen LogP contribution in [0.2, 0.25) is 0 Å². The average Bonchev–Trinajstić information content (AvgIpc) is 3.19. The molecule has 1 rings (SSSR count). The van der Waals surface area contributed by atoms with Crippen LogP contribution in [0.15, 0.2) is 17.1 Å². The Kier molecular flexibility index (Phi) is 16.5. The highest BCUT2D eigenvalue weighted by molar-refractivity contribution is 5.78.